The van der Waals surface area contributed by atoms with Crippen molar-refractivity contribution in [1.82, 2.24) is 14.9 Å². The topological polar surface area (TPSA) is 78.9 Å². The lowest BCUT2D eigenvalue weighted by Gasteiger charge is -2.37. The number of amides is 1. The van der Waals surface area contributed by atoms with Crippen molar-refractivity contribution >= 4 is 35.1 Å². The van der Waals surface area contributed by atoms with Gasteiger partial charge < -0.3 is 19.4 Å². The number of carbonyl (C=O) groups excluding carboxylic acids is 2. The molecule has 0 aliphatic carbocycles. The molecule has 3 aromatic rings. The van der Waals surface area contributed by atoms with Gasteiger partial charge in [-0.25, -0.2) is 9.97 Å². The molecule has 0 radical (unpaired) electrons. The number of hydrogen-bond donors (Lipinski definition) is 0. The molecule has 0 spiro atoms. The monoisotopic (exact) mass is 641 g/mol. The van der Waals surface area contributed by atoms with E-state index in [-0.39, 0.29) is 17.8 Å². The Morgan fingerprint density at radius 3 is 2.24 bits per heavy atom. The third-order valence-electron chi connectivity index (χ3n) is 8.43. The predicted molar refractivity (Wildman–Crippen MR) is 169 cm³/mol. The van der Waals surface area contributed by atoms with E-state index in [0.29, 0.717) is 80.9 Å². The molecule has 0 atom stereocenters. The van der Waals surface area contributed by atoms with Gasteiger partial charge in [-0.3, -0.25) is 9.59 Å². The highest BCUT2D eigenvalue weighted by atomic mass is 32.2. The normalized spacial score (nSPS) is 16.2. The molecule has 1 amide bonds. The van der Waals surface area contributed by atoms with Crippen LogP contribution in [0.1, 0.15) is 52.5 Å². The van der Waals surface area contributed by atoms with Gasteiger partial charge in [-0.05, 0) is 69.5 Å². The molecule has 8 nitrogen and oxygen atoms in total. The number of anilines is 2. The summed E-state index contributed by atoms with van der Waals surface area (Å²) >= 11 is 1.52. The van der Waals surface area contributed by atoms with Crippen LogP contribution in [0, 0.1) is 19.8 Å². The van der Waals surface area contributed by atoms with E-state index in [9.17, 15) is 22.8 Å². The minimum Gasteiger partial charge on any atom is -0.466 e. The number of rotatable bonds is 8. The summed E-state index contributed by atoms with van der Waals surface area (Å²) in [4.78, 5) is 40.5. The summed E-state index contributed by atoms with van der Waals surface area (Å²) in [6.07, 6.45) is -3.14. The molecule has 2 saturated heterocycles. The van der Waals surface area contributed by atoms with E-state index in [1.807, 2.05) is 43.0 Å². The Kier molecular flexibility index (Phi) is 10.2. The van der Waals surface area contributed by atoms with Gasteiger partial charge in [-0.15, -0.1) is 0 Å². The molecule has 3 heterocycles. The lowest BCUT2D eigenvalue weighted by atomic mass is 9.96. The predicted octanol–water partition coefficient (Wildman–Crippen LogP) is 6.15. The number of benzene rings is 2. The van der Waals surface area contributed by atoms with Crippen LogP contribution in [0.2, 0.25) is 0 Å². The van der Waals surface area contributed by atoms with Crippen LogP contribution in [-0.2, 0) is 21.5 Å². The summed E-state index contributed by atoms with van der Waals surface area (Å²) in [5.74, 6) is 1.12. The largest absolute Gasteiger partial charge is 0.466 e. The molecule has 240 valence electrons. The van der Waals surface area contributed by atoms with Crippen LogP contribution in [0.3, 0.4) is 0 Å². The highest BCUT2D eigenvalue weighted by Gasteiger charge is 2.32. The van der Waals surface area contributed by atoms with Gasteiger partial charge in [-0.1, -0.05) is 30.0 Å². The Bertz CT molecular complexity index is 1500. The molecule has 2 aromatic carbocycles. The van der Waals surface area contributed by atoms with Gasteiger partial charge in [0, 0.05) is 67.5 Å². The molecule has 0 bridgehead atoms. The van der Waals surface area contributed by atoms with Gasteiger partial charge >= 0.3 is 12.1 Å². The Morgan fingerprint density at radius 2 is 1.60 bits per heavy atom. The minimum absolute atomic E-state index is 0.0354. The highest BCUT2D eigenvalue weighted by molar-refractivity contribution is 7.98. The molecule has 2 fully saturated rings. The molecule has 5 rings (SSSR count). The summed E-state index contributed by atoms with van der Waals surface area (Å²) in [6.45, 7) is 9.62. The molecule has 45 heavy (non-hydrogen) atoms. The van der Waals surface area contributed by atoms with Crippen LogP contribution < -0.4 is 9.80 Å². The van der Waals surface area contributed by atoms with Gasteiger partial charge in [0.25, 0.3) is 5.91 Å². The number of aryl methyl sites for hydroxylation is 1. The smallest absolute Gasteiger partial charge is 0.416 e. The zero-order valence-corrected chi connectivity index (χ0v) is 26.6. The van der Waals surface area contributed by atoms with Crippen LogP contribution >= 0.6 is 11.8 Å². The number of ether oxygens (including phenoxy) is 1. The molecule has 0 unspecified atom stereocenters. The van der Waals surface area contributed by atoms with E-state index < -0.39 is 11.7 Å². The van der Waals surface area contributed by atoms with Crippen molar-refractivity contribution in [2.75, 3.05) is 55.7 Å². The van der Waals surface area contributed by atoms with Crippen LogP contribution in [0.4, 0.5) is 24.7 Å². The van der Waals surface area contributed by atoms with Crippen LogP contribution in [0.15, 0.2) is 53.7 Å². The van der Waals surface area contributed by atoms with E-state index in [0.717, 1.165) is 28.7 Å². The number of alkyl halides is 3. The molecular formula is C33H38F3N5O3S. The third-order valence-corrected chi connectivity index (χ3v) is 9.35. The van der Waals surface area contributed by atoms with Crippen molar-refractivity contribution < 1.29 is 27.5 Å². The minimum atomic E-state index is -4.37. The van der Waals surface area contributed by atoms with Gasteiger partial charge in [0.1, 0.15) is 5.82 Å². The first kappa shape index (κ1) is 32.6. The fraction of sp³-hybridized carbons (Fsp3) is 0.455. The van der Waals surface area contributed by atoms with Gasteiger partial charge in [0.2, 0.25) is 0 Å². The second kappa shape index (κ2) is 14.1. The second-order valence-corrected chi connectivity index (χ2v) is 12.3. The number of piperazine rings is 1. The average Bonchev–Trinajstić information content (AvgIpc) is 3.05. The van der Waals surface area contributed by atoms with Crippen molar-refractivity contribution in [3.8, 4) is 0 Å². The number of nitrogens with zero attached hydrogens (tertiary/aromatic N) is 5. The zero-order chi connectivity index (χ0) is 32.1. The summed E-state index contributed by atoms with van der Waals surface area (Å²) in [6, 6.07) is 13.1. The molecule has 2 aliphatic rings. The van der Waals surface area contributed by atoms with E-state index in [4.69, 9.17) is 14.7 Å². The van der Waals surface area contributed by atoms with Crippen molar-refractivity contribution in [2.24, 2.45) is 5.92 Å². The van der Waals surface area contributed by atoms with Crippen LogP contribution in [0.25, 0.3) is 0 Å². The number of thioether (sulfide) groups is 1. The van der Waals surface area contributed by atoms with Gasteiger partial charge in [-0.2, -0.15) is 13.2 Å². The van der Waals surface area contributed by atoms with Crippen molar-refractivity contribution in [1.29, 1.82) is 0 Å². The van der Waals surface area contributed by atoms with E-state index in [1.54, 1.807) is 17.9 Å². The van der Waals surface area contributed by atoms with Crippen molar-refractivity contribution in [3.63, 3.8) is 0 Å². The molecule has 0 N–H and O–H groups in total. The van der Waals surface area contributed by atoms with Gasteiger partial charge in [0.05, 0.1) is 18.1 Å². The van der Waals surface area contributed by atoms with Gasteiger partial charge in [0.15, 0.2) is 5.16 Å². The molecule has 1 aromatic heterocycles. The van der Waals surface area contributed by atoms with E-state index in [1.165, 1.54) is 23.9 Å². The van der Waals surface area contributed by atoms with Crippen LogP contribution in [0.5, 0.6) is 0 Å². The summed E-state index contributed by atoms with van der Waals surface area (Å²) in [5.41, 5.74) is 3.46. The number of piperidine rings is 1. The highest BCUT2D eigenvalue weighted by Crippen LogP contribution is 2.33. The number of likely N-dealkylation sites (tertiary alicyclic amines) is 1. The third kappa shape index (κ3) is 7.89. The summed E-state index contributed by atoms with van der Waals surface area (Å²) in [5, 5.41) is 0.651. The second-order valence-electron chi connectivity index (χ2n) is 11.4. The Labute approximate surface area is 266 Å². The molecule has 12 heteroatoms. The molecule has 2 aliphatic heterocycles. The molecule has 0 saturated carbocycles. The Hall–Kier alpha value is -3.80. The SMILES string of the molecule is CCOC(=O)C1CCN(C(=O)c2ccc(CSc3nc(C)c(C)c(N4CCN(c5cccc(C(F)(F)F)c5)CC4)n3)cc2)CC1. The number of hydrogen-bond acceptors (Lipinski definition) is 8. The fourth-order valence-electron chi connectivity index (χ4n) is 5.67. The number of carbonyl (C=O) groups is 2. The first-order valence-electron chi connectivity index (χ1n) is 15.2. The number of halogens is 3. The van der Waals surface area contributed by atoms with Crippen molar-refractivity contribution in [2.45, 2.75) is 50.7 Å². The Morgan fingerprint density at radius 1 is 0.933 bits per heavy atom. The lowest BCUT2D eigenvalue weighted by Crippen LogP contribution is -2.47. The first-order valence-corrected chi connectivity index (χ1v) is 16.2. The van der Waals surface area contributed by atoms with E-state index >= 15 is 0 Å². The average molecular weight is 642 g/mol. The van der Waals surface area contributed by atoms with Crippen molar-refractivity contribution in [3.05, 3.63) is 76.5 Å². The van der Waals surface area contributed by atoms with Crippen LogP contribution in [-0.4, -0.2) is 72.6 Å². The first-order chi connectivity index (χ1) is 21.5. The molecular weight excluding hydrogens is 603 g/mol. The lowest BCUT2D eigenvalue weighted by molar-refractivity contribution is -0.149. The summed E-state index contributed by atoms with van der Waals surface area (Å²) in [7, 11) is 0. The quantitative estimate of drug-likeness (QED) is 0.165. The fourth-order valence-corrected chi connectivity index (χ4v) is 6.51. The number of esters is 1. The van der Waals surface area contributed by atoms with E-state index in [2.05, 4.69) is 4.90 Å². The number of aromatic nitrogens is 2. The zero-order valence-electron chi connectivity index (χ0n) is 25.8. The maximum Gasteiger partial charge on any atom is 0.416 e. The maximum atomic E-state index is 13.2. The maximum absolute atomic E-state index is 13.2. The summed E-state index contributed by atoms with van der Waals surface area (Å²) < 4.78 is 44.8. The Balaban J connectivity index is 1.16. The standard InChI is InChI=1S/C33H38F3N5O3S/c1-4-44-31(43)26-12-14-41(15-13-26)30(42)25-10-8-24(9-11-25)21-45-32-37-23(3)22(2)29(38-32)40-18-16-39(17-19-40)28-7-5-6-27(20-28)33(34,35)36/h5-11,20,26H,4,12-19,21H2,1-3H3.